The largest absolute Gasteiger partial charge is 0.485 e. The Morgan fingerprint density at radius 1 is 1.03 bits per heavy atom. The molecule has 4 nitrogen and oxygen atoms in total. The van der Waals surface area contributed by atoms with Crippen molar-refractivity contribution in [3.63, 3.8) is 0 Å². The molecule has 0 amide bonds. The van der Waals surface area contributed by atoms with Crippen LogP contribution in [0.3, 0.4) is 0 Å². The number of Topliss-reactive ketones (excluding diaryl/α,β-unsaturated/α-hetero) is 2. The first kappa shape index (κ1) is 19.0. The van der Waals surface area contributed by atoms with Crippen LogP contribution in [0.2, 0.25) is 5.02 Å². The number of benzene rings is 3. The third-order valence-corrected chi connectivity index (χ3v) is 4.91. The first-order valence-corrected chi connectivity index (χ1v) is 9.45. The number of hydrogen-bond acceptors (Lipinski definition) is 4. The number of halogens is 1. The van der Waals surface area contributed by atoms with E-state index in [0.29, 0.717) is 33.2 Å². The summed E-state index contributed by atoms with van der Waals surface area (Å²) in [5, 5.41) is 0.622. The second-order valence-electron chi connectivity index (χ2n) is 6.63. The Bertz CT molecular complexity index is 1120. The van der Waals surface area contributed by atoms with Gasteiger partial charge in [-0.15, -0.1) is 0 Å². The zero-order valence-corrected chi connectivity index (χ0v) is 16.4. The predicted octanol–water partition coefficient (Wildman–Crippen LogP) is 5.53. The van der Waals surface area contributed by atoms with Gasteiger partial charge in [0, 0.05) is 16.1 Å². The van der Waals surface area contributed by atoms with Crippen LogP contribution in [0.25, 0.3) is 6.08 Å². The van der Waals surface area contributed by atoms with E-state index in [4.69, 9.17) is 21.1 Å². The van der Waals surface area contributed by atoms with Crippen molar-refractivity contribution in [3.8, 4) is 11.5 Å². The molecule has 0 saturated carbocycles. The lowest BCUT2D eigenvalue weighted by Crippen LogP contribution is -2.12. The highest BCUT2D eigenvalue weighted by Gasteiger charge is 2.30. The third kappa shape index (κ3) is 3.93. The van der Waals surface area contributed by atoms with Crippen LogP contribution in [-0.4, -0.2) is 18.2 Å². The van der Waals surface area contributed by atoms with Gasteiger partial charge in [-0.25, -0.2) is 0 Å². The van der Waals surface area contributed by atoms with Gasteiger partial charge in [0.2, 0.25) is 5.78 Å². The van der Waals surface area contributed by atoms with E-state index in [1.54, 1.807) is 49.4 Å². The smallest absolute Gasteiger partial charge is 0.231 e. The van der Waals surface area contributed by atoms with Crippen LogP contribution in [0.4, 0.5) is 0 Å². The molecule has 3 aromatic rings. The maximum atomic E-state index is 12.7. The Morgan fingerprint density at radius 2 is 1.76 bits per heavy atom. The summed E-state index contributed by atoms with van der Waals surface area (Å²) in [6, 6.07) is 19.4. The van der Waals surface area contributed by atoms with Gasteiger partial charge in [-0.3, -0.25) is 9.59 Å². The van der Waals surface area contributed by atoms with Gasteiger partial charge in [-0.05, 0) is 42.8 Å². The molecule has 0 spiro atoms. The summed E-state index contributed by atoms with van der Waals surface area (Å²) in [5.41, 5.74) is 2.56. The van der Waals surface area contributed by atoms with Crippen molar-refractivity contribution < 1.29 is 19.1 Å². The predicted molar refractivity (Wildman–Crippen MR) is 112 cm³/mol. The van der Waals surface area contributed by atoms with Gasteiger partial charge in [0.25, 0.3) is 0 Å². The SMILES string of the molecule is Cc1c(OCC(=O)c2ccccc2)ccc2c1O/C(=C\c1ccc(Cl)cc1)C2=O. The Balaban J connectivity index is 1.53. The van der Waals surface area contributed by atoms with Crippen LogP contribution >= 0.6 is 11.6 Å². The molecule has 3 aromatic carbocycles. The Morgan fingerprint density at radius 3 is 2.48 bits per heavy atom. The van der Waals surface area contributed by atoms with Gasteiger partial charge >= 0.3 is 0 Å². The number of fused-ring (bicyclic) bond motifs is 1. The van der Waals surface area contributed by atoms with E-state index in [9.17, 15) is 9.59 Å². The van der Waals surface area contributed by atoms with Crippen molar-refractivity contribution in [3.05, 3.63) is 99.8 Å². The molecule has 0 atom stereocenters. The van der Waals surface area contributed by atoms with Crippen molar-refractivity contribution >= 4 is 29.2 Å². The van der Waals surface area contributed by atoms with E-state index < -0.39 is 0 Å². The van der Waals surface area contributed by atoms with E-state index in [-0.39, 0.29) is 23.9 Å². The Kier molecular flexibility index (Phi) is 5.19. The van der Waals surface area contributed by atoms with Crippen molar-refractivity contribution in [1.82, 2.24) is 0 Å². The number of carbonyl (C=O) groups is 2. The standard InChI is InChI=1S/C24H17ClO4/c1-15-21(28-14-20(26)17-5-3-2-4-6-17)12-11-19-23(27)22(29-24(15)19)13-16-7-9-18(25)10-8-16/h2-13H,14H2,1H3/b22-13-. The number of rotatable bonds is 5. The molecule has 0 unspecified atom stereocenters. The van der Waals surface area contributed by atoms with Gasteiger partial charge < -0.3 is 9.47 Å². The second-order valence-corrected chi connectivity index (χ2v) is 7.07. The number of ketones is 2. The molecule has 0 saturated heterocycles. The molecular weight excluding hydrogens is 388 g/mol. The quantitative estimate of drug-likeness (QED) is 0.414. The van der Waals surface area contributed by atoms with Crippen LogP contribution < -0.4 is 9.47 Å². The third-order valence-electron chi connectivity index (χ3n) is 4.66. The van der Waals surface area contributed by atoms with Gasteiger partial charge in [0.15, 0.2) is 18.1 Å². The fourth-order valence-corrected chi connectivity index (χ4v) is 3.21. The summed E-state index contributed by atoms with van der Waals surface area (Å²) in [7, 11) is 0. The van der Waals surface area contributed by atoms with Crippen LogP contribution in [0, 0.1) is 6.92 Å². The molecule has 144 valence electrons. The summed E-state index contributed by atoms with van der Waals surface area (Å²) >= 11 is 5.90. The van der Waals surface area contributed by atoms with E-state index in [2.05, 4.69) is 0 Å². The summed E-state index contributed by atoms with van der Waals surface area (Å²) in [5.74, 6) is 0.896. The summed E-state index contributed by atoms with van der Waals surface area (Å²) in [6.45, 7) is 1.71. The average Bonchev–Trinajstić information content (AvgIpc) is 3.06. The molecule has 5 heteroatoms. The lowest BCUT2D eigenvalue weighted by atomic mass is 10.1. The molecule has 1 aliphatic heterocycles. The normalized spacial score (nSPS) is 13.9. The van der Waals surface area contributed by atoms with Crippen LogP contribution in [0.1, 0.15) is 31.8 Å². The van der Waals surface area contributed by atoms with Crippen molar-refractivity contribution in [1.29, 1.82) is 0 Å². The number of allylic oxidation sites excluding steroid dienone is 1. The topological polar surface area (TPSA) is 52.6 Å². The molecule has 0 aliphatic carbocycles. The van der Waals surface area contributed by atoms with E-state index in [0.717, 1.165) is 5.56 Å². The Labute approximate surface area is 173 Å². The van der Waals surface area contributed by atoms with Crippen LogP contribution in [0.5, 0.6) is 11.5 Å². The van der Waals surface area contributed by atoms with Gasteiger partial charge in [-0.1, -0.05) is 54.1 Å². The minimum atomic E-state index is -0.190. The highest BCUT2D eigenvalue weighted by atomic mass is 35.5. The Hall–Kier alpha value is -3.37. The van der Waals surface area contributed by atoms with Crippen molar-refractivity contribution in [2.45, 2.75) is 6.92 Å². The molecule has 4 rings (SSSR count). The highest BCUT2D eigenvalue weighted by molar-refractivity contribution is 6.30. The summed E-state index contributed by atoms with van der Waals surface area (Å²) < 4.78 is 11.5. The minimum Gasteiger partial charge on any atom is -0.485 e. The van der Waals surface area contributed by atoms with Crippen LogP contribution in [-0.2, 0) is 0 Å². The van der Waals surface area contributed by atoms with Gasteiger partial charge in [0.1, 0.15) is 11.5 Å². The number of ether oxygens (including phenoxy) is 2. The second kappa shape index (κ2) is 7.94. The average molecular weight is 405 g/mol. The zero-order valence-electron chi connectivity index (χ0n) is 15.6. The fourth-order valence-electron chi connectivity index (χ4n) is 3.09. The molecule has 1 heterocycles. The molecular formula is C24H17ClO4. The molecule has 0 bridgehead atoms. The maximum absolute atomic E-state index is 12.7. The molecule has 0 aromatic heterocycles. The number of carbonyl (C=O) groups excluding carboxylic acids is 2. The monoisotopic (exact) mass is 404 g/mol. The zero-order chi connectivity index (χ0) is 20.4. The molecule has 1 aliphatic rings. The van der Waals surface area contributed by atoms with Gasteiger partial charge in [-0.2, -0.15) is 0 Å². The van der Waals surface area contributed by atoms with Crippen molar-refractivity contribution in [2.24, 2.45) is 0 Å². The first-order valence-electron chi connectivity index (χ1n) is 9.07. The fraction of sp³-hybridized carbons (Fsp3) is 0.0833. The first-order chi connectivity index (χ1) is 14.0. The van der Waals surface area contributed by atoms with E-state index >= 15 is 0 Å². The molecule has 0 radical (unpaired) electrons. The van der Waals surface area contributed by atoms with E-state index in [1.165, 1.54) is 0 Å². The number of hydrogen-bond donors (Lipinski definition) is 0. The van der Waals surface area contributed by atoms with Gasteiger partial charge in [0.05, 0.1) is 5.56 Å². The maximum Gasteiger partial charge on any atom is 0.231 e. The minimum absolute atomic E-state index is 0.0922. The lowest BCUT2D eigenvalue weighted by molar-refractivity contribution is 0.0920. The summed E-state index contributed by atoms with van der Waals surface area (Å²) in [6.07, 6.45) is 1.68. The van der Waals surface area contributed by atoms with Crippen molar-refractivity contribution in [2.75, 3.05) is 6.61 Å². The molecule has 29 heavy (non-hydrogen) atoms. The molecule has 0 N–H and O–H groups in total. The van der Waals surface area contributed by atoms with Crippen LogP contribution in [0.15, 0.2) is 72.5 Å². The molecule has 0 fully saturated rings. The highest BCUT2D eigenvalue weighted by Crippen LogP contribution is 2.39. The van der Waals surface area contributed by atoms with E-state index in [1.807, 2.05) is 30.3 Å². The lowest BCUT2D eigenvalue weighted by Gasteiger charge is -2.11. The summed E-state index contributed by atoms with van der Waals surface area (Å²) in [4.78, 5) is 24.9.